The first kappa shape index (κ1) is 16.1. The summed E-state index contributed by atoms with van der Waals surface area (Å²) in [5.74, 6) is 0.868. The molecule has 0 bridgehead atoms. The monoisotopic (exact) mass is 313 g/mol. The number of likely N-dealkylation sites (N-methyl/N-ethyl adjacent to an activating group) is 1. The molecular weight excluding hydrogens is 289 g/mol. The summed E-state index contributed by atoms with van der Waals surface area (Å²) in [4.78, 5) is 0. The summed E-state index contributed by atoms with van der Waals surface area (Å²) in [6, 6.07) is 6.43. The van der Waals surface area contributed by atoms with Gasteiger partial charge in [-0.2, -0.15) is 0 Å². The van der Waals surface area contributed by atoms with Crippen molar-refractivity contribution in [2.75, 3.05) is 7.05 Å². The molecule has 1 saturated carbocycles. The van der Waals surface area contributed by atoms with Crippen LogP contribution in [0.25, 0.3) is 0 Å². The Hall–Kier alpha value is -0.240. The average molecular weight is 314 g/mol. The molecule has 1 fully saturated rings. The zero-order valence-electron chi connectivity index (χ0n) is 12.3. The molecule has 1 N–H and O–H groups in total. The summed E-state index contributed by atoms with van der Waals surface area (Å²) in [6.45, 7) is 0. The Labute approximate surface area is 133 Å². The first-order valence-corrected chi connectivity index (χ1v) is 8.56. The van der Waals surface area contributed by atoms with Crippen molar-refractivity contribution in [1.29, 1.82) is 0 Å². The van der Waals surface area contributed by atoms with Crippen LogP contribution in [-0.4, -0.2) is 13.1 Å². The highest BCUT2D eigenvalue weighted by Gasteiger charge is 2.18. The number of halogens is 2. The number of rotatable bonds is 5. The minimum atomic E-state index is 0.495. The van der Waals surface area contributed by atoms with Gasteiger partial charge in [-0.15, -0.1) is 0 Å². The molecule has 1 aromatic carbocycles. The number of nitrogens with one attached hydrogen (secondary N) is 1. The molecule has 0 radical (unpaired) electrons. The molecule has 0 aromatic heterocycles. The molecule has 0 amide bonds. The maximum atomic E-state index is 6.30. The fraction of sp³-hybridized carbons (Fsp3) is 0.647. The zero-order chi connectivity index (χ0) is 14.4. The van der Waals surface area contributed by atoms with E-state index < -0.39 is 0 Å². The van der Waals surface area contributed by atoms with Crippen LogP contribution >= 0.6 is 23.2 Å². The van der Waals surface area contributed by atoms with Gasteiger partial charge in [0.15, 0.2) is 0 Å². The maximum absolute atomic E-state index is 6.30. The normalized spacial score (nSPS) is 18.8. The quantitative estimate of drug-likeness (QED) is 0.709. The third kappa shape index (κ3) is 4.65. The molecule has 1 unspecified atom stereocenters. The van der Waals surface area contributed by atoms with Gasteiger partial charge in [-0.3, -0.25) is 0 Å². The summed E-state index contributed by atoms with van der Waals surface area (Å²) < 4.78 is 0. The van der Waals surface area contributed by atoms with E-state index in [-0.39, 0.29) is 0 Å². The number of hydrogen-bond acceptors (Lipinski definition) is 1. The van der Waals surface area contributed by atoms with Crippen molar-refractivity contribution in [3.05, 3.63) is 33.8 Å². The number of benzene rings is 1. The van der Waals surface area contributed by atoms with Crippen molar-refractivity contribution < 1.29 is 0 Å². The molecule has 0 spiro atoms. The molecule has 0 aliphatic heterocycles. The highest BCUT2D eigenvalue weighted by Crippen LogP contribution is 2.30. The summed E-state index contributed by atoms with van der Waals surface area (Å²) in [5.41, 5.74) is 1.16. The Morgan fingerprint density at radius 1 is 1.15 bits per heavy atom. The van der Waals surface area contributed by atoms with Gasteiger partial charge in [-0.25, -0.2) is 0 Å². The fourth-order valence-electron chi connectivity index (χ4n) is 3.28. The van der Waals surface area contributed by atoms with Crippen LogP contribution in [0.4, 0.5) is 0 Å². The second kappa shape index (κ2) is 8.26. The van der Waals surface area contributed by atoms with Crippen LogP contribution in [0.5, 0.6) is 0 Å². The van der Waals surface area contributed by atoms with E-state index >= 15 is 0 Å². The topological polar surface area (TPSA) is 12.0 Å². The van der Waals surface area contributed by atoms with Crippen molar-refractivity contribution in [3.63, 3.8) is 0 Å². The van der Waals surface area contributed by atoms with E-state index in [1.807, 2.05) is 12.1 Å². The first-order valence-electron chi connectivity index (χ1n) is 7.81. The highest BCUT2D eigenvalue weighted by atomic mass is 35.5. The van der Waals surface area contributed by atoms with Crippen molar-refractivity contribution in [2.24, 2.45) is 5.92 Å². The molecule has 1 atom stereocenters. The smallest absolute Gasteiger partial charge is 0.0624 e. The number of hydrogen-bond donors (Lipinski definition) is 1. The van der Waals surface area contributed by atoms with Crippen LogP contribution in [0.1, 0.15) is 50.5 Å². The Morgan fingerprint density at radius 3 is 2.50 bits per heavy atom. The molecule has 1 aliphatic carbocycles. The summed E-state index contributed by atoms with van der Waals surface area (Å²) in [7, 11) is 2.06. The Balaban J connectivity index is 1.95. The lowest BCUT2D eigenvalue weighted by molar-refractivity contribution is 0.361. The molecule has 112 valence electrons. The molecule has 20 heavy (non-hydrogen) atoms. The average Bonchev–Trinajstić information content (AvgIpc) is 2.71. The molecular formula is C17H25Cl2N. The first-order chi connectivity index (χ1) is 9.70. The van der Waals surface area contributed by atoms with Crippen LogP contribution in [0, 0.1) is 5.92 Å². The van der Waals surface area contributed by atoms with Crippen molar-refractivity contribution in [1.82, 2.24) is 5.32 Å². The molecule has 1 aromatic rings. The molecule has 1 nitrogen and oxygen atoms in total. The van der Waals surface area contributed by atoms with E-state index in [1.54, 1.807) is 0 Å². The lowest BCUT2D eigenvalue weighted by Crippen LogP contribution is -2.30. The lowest BCUT2D eigenvalue weighted by Gasteiger charge is -2.23. The van der Waals surface area contributed by atoms with Gasteiger partial charge in [0.1, 0.15) is 0 Å². The van der Waals surface area contributed by atoms with Crippen molar-refractivity contribution >= 4 is 23.2 Å². The van der Waals surface area contributed by atoms with Gasteiger partial charge in [0, 0.05) is 6.04 Å². The van der Waals surface area contributed by atoms with E-state index in [0.29, 0.717) is 11.1 Å². The van der Waals surface area contributed by atoms with Crippen LogP contribution in [0.2, 0.25) is 10.0 Å². The van der Waals surface area contributed by atoms with E-state index in [4.69, 9.17) is 23.2 Å². The van der Waals surface area contributed by atoms with Gasteiger partial charge in [-0.1, -0.05) is 73.9 Å². The van der Waals surface area contributed by atoms with E-state index in [1.165, 1.54) is 44.9 Å². The molecule has 0 saturated heterocycles. The molecule has 2 rings (SSSR count). The van der Waals surface area contributed by atoms with E-state index in [0.717, 1.165) is 22.9 Å². The fourth-order valence-corrected chi connectivity index (χ4v) is 3.67. The van der Waals surface area contributed by atoms with Gasteiger partial charge in [0.25, 0.3) is 0 Å². The van der Waals surface area contributed by atoms with Crippen LogP contribution in [0.3, 0.4) is 0 Å². The third-order valence-corrected chi connectivity index (χ3v) is 5.36. The predicted octanol–water partition coefficient (Wildman–Crippen LogP) is 5.48. The molecule has 3 heteroatoms. The summed E-state index contributed by atoms with van der Waals surface area (Å²) >= 11 is 12.4. The van der Waals surface area contributed by atoms with Crippen molar-refractivity contribution in [3.8, 4) is 0 Å². The SMILES string of the molecule is CNC(Cc1cccc(Cl)c1Cl)CC1CCCCCC1. The van der Waals surface area contributed by atoms with Crippen molar-refractivity contribution in [2.45, 2.75) is 57.4 Å². The van der Waals surface area contributed by atoms with Gasteiger partial charge < -0.3 is 5.32 Å². The van der Waals surface area contributed by atoms with Crippen LogP contribution in [-0.2, 0) is 6.42 Å². The van der Waals surface area contributed by atoms with Gasteiger partial charge >= 0.3 is 0 Å². The summed E-state index contributed by atoms with van der Waals surface area (Å²) in [5, 5.41) is 4.84. The van der Waals surface area contributed by atoms with Gasteiger partial charge in [0.2, 0.25) is 0 Å². The lowest BCUT2D eigenvalue weighted by atomic mass is 9.90. The predicted molar refractivity (Wildman–Crippen MR) is 88.8 cm³/mol. The molecule has 1 aliphatic rings. The zero-order valence-corrected chi connectivity index (χ0v) is 13.8. The third-order valence-electron chi connectivity index (χ3n) is 4.50. The Bertz CT molecular complexity index is 411. The van der Waals surface area contributed by atoms with Gasteiger partial charge in [-0.05, 0) is 37.4 Å². The van der Waals surface area contributed by atoms with Crippen LogP contribution in [0.15, 0.2) is 18.2 Å². The molecule has 0 heterocycles. The minimum Gasteiger partial charge on any atom is -0.317 e. The Kier molecular flexibility index (Phi) is 6.67. The van der Waals surface area contributed by atoms with E-state index in [2.05, 4.69) is 18.4 Å². The second-order valence-electron chi connectivity index (χ2n) is 6.00. The largest absolute Gasteiger partial charge is 0.317 e. The Morgan fingerprint density at radius 2 is 1.85 bits per heavy atom. The standard InChI is InChI=1S/C17H25Cl2N/c1-20-15(11-13-7-4-2-3-5-8-13)12-14-9-6-10-16(18)17(14)19/h6,9-10,13,15,20H,2-5,7-8,11-12H2,1H3. The second-order valence-corrected chi connectivity index (χ2v) is 6.78. The van der Waals surface area contributed by atoms with Crippen LogP contribution < -0.4 is 5.32 Å². The maximum Gasteiger partial charge on any atom is 0.0624 e. The van der Waals surface area contributed by atoms with Gasteiger partial charge in [0.05, 0.1) is 10.0 Å². The summed E-state index contributed by atoms with van der Waals surface area (Å²) in [6.07, 6.45) is 10.6. The minimum absolute atomic E-state index is 0.495. The van der Waals surface area contributed by atoms with E-state index in [9.17, 15) is 0 Å². The highest BCUT2D eigenvalue weighted by molar-refractivity contribution is 6.42.